The Labute approximate surface area is 124 Å². The number of likely N-dealkylation sites (tertiary alicyclic amines) is 1. The minimum absolute atomic E-state index is 0.0642. The van der Waals surface area contributed by atoms with E-state index in [1.165, 1.54) is 12.1 Å². The standard InChI is InChI=1S/C16H21FN2O2/c1-18-12-16(21-11-15(18)20)6-8-19(9-7-16)10-13-2-4-14(17)5-3-13/h2-5H,6-12H2,1H3. The molecule has 1 aromatic carbocycles. The molecule has 1 aromatic rings. The summed E-state index contributed by atoms with van der Waals surface area (Å²) in [5, 5.41) is 0. The number of carbonyl (C=O) groups excluding carboxylic acids is 1. The molecule has 2 aliphatic heterocycles. The summed E-state index contributed by atoms with van der Waals surface area (Å²) in [7, 11) is 1.84. The summed E-state index contributed by atoms with van der Waals surface area (Å²) >= 11 is 0. The molecule has 1 spiro atoms. The van der Waals surface area contributed by atoms with Gasteiger partial charge in [-0.3, -0.25) is 9.69 Å². The Hall–Kier alpha value is -1.46. The van der Waals surface area contributed by atoms with Gasteiger partial charge in [0.15, 0.2) is 0 Å². The predicted molar refractivity (Wildman–Crippen MR) is 77.2 cm³/mol. The van der Waals surface area contributed by atoms with Crippen LogP contribution in [-0.4, -0.2) is 54.6 Å². The molecule has 4 nitrogen and oxygen atoms in total. The quantitative estimate of drug-likeness (QED) is 0.831. The van der Waals surface area contributed by atoms with E-state index >= 15 is 0 Å². The zero-order valence-electron chi connectivity index (χ0n) is 12.3. The molecule has 2 aliphatic rings. The van der Waals surface area contributed by atoms with E-state index in [0.717, 1.165) is 38.0 Å². The monoisotopic (exact) mass is 292 g/mol. The number of carbonyl (C=O) groups is 1. The van der Waals surface area contributed by atoms with Crippen molar-refractivity contribution in [3.05, 3.63) is 35.6 Å². The maximum Gasteiger partial charge on any atom is 0.248 e. The second kappa shape index (κ2) is 5.73. The summed E-state index contributed by atoms with van der Waals surface area (Å²) in [6.07, 6.45) is 1.87. The zero-order chi connectivity index (χ0) is 14.9. The van der Waals surface area contributed by atoms with Gasteiger partial charge in [-0.15, -0.1) is 0 Å². The van der Waals surface area contributed by atoms with Crippen molar-refractivity contribution >= 4 is 5.91 Å². The molecule has 0 bridgehead atoms. The zero-order valence-corrected chi connectivity index (χ0v) is 12.3. The molecule has 2 heterocycles. The summed E-state index contributed by atoms with van der Waals surface area (Å²) in [4.78, 5) is 15.6. The molecule has 0 unspecified atom stereocenters. The number of benzene rings is 1. The van der Waals surface area contributed by atoms with Gasteiger partial charge >= 0.3 is 0 Å². The van der Waals surface area contributed by atoms with Crippen molar-refractivity contribution in [2.24, 2.45) is 0 Å². The van der Waals surface area contributed by atoms with E-state index in [9.17, 15) is 9.18 Å². The van der Waals surface area contributed by atoms with Gasteiger partial charge in [0, 0.05) is 33.2 Å². The summed E-state index contributed by atoms with van der Waals surface area (Å²) in [5.41, 5.74) is 0.964. The van der Waals surface area contributed by atoms with Gasteiger partial charge in [-0.1, -0.05) is 12.1 Å². The van der Waals surface area contributed by atoms with E-state index in [0.29, 0.717) is 6.54 Å². The van der Waals surface area contributed by atoms with Crippen molar-refractivity contribution in [2.75, 3.05) is 33.3 Å². The lowest BCUT2D eigenvalue weighted by Crippen LogP contribution is -2.57. The third-order valence-electron chi connectivity index (χ3n) is 4.54. The average Bonchev–Trinajstić information content (AvgIpc) is 2.48. The number of likely N-dealkylation sites (N-methyl/N-ethyl adjacent to an activating group) is 1. The first-order valence-electron chi connectivity index (χ1n) is 7.41. The Bertz CT molecular complexity index is 510. The number of piperidine rings is 1. The van der Waals surface area contributed by atoms with Gasteiger partial charge in [-0.25, -0.2) is 4.39 Å². The Morgan fingerprint density at radius 3 is 2.52 bits per heavy atom. The van der Waals surface area contributed by atoms with Crippen molar-refractivity contribution in [1.82, 2.24) is 9.80 Å². The third kappa shape index (κ3) is 3.24. The second-order valence-electron chi connectivity index (χ2n) is 6.12. The molecule has 3 rings (SSSR count). The largest absolute Gasteiger partial charge is 0.363 e. The molecule has 114 valence electrons. The van der Waals surface area contributed by atoms with E-state index in [1.54, 1.807) is 4.90 Å². The lowest BCUT2D eigenvalue weighted by Gasteiger charge is -2.46. The molecule has 0 radical (unpaired) electrons. The maximum atomic E-state index is 12.9. The summed E-state index contributed by atoms with van der Waals surface area (Å²) in [6, 6.07) is 6.68. The van der Waals surface area contributed by atoms with Gasteiger partial charge in [0.2, 0.25) is 5.91 Å². The van der Waals surface area contributed by atoms with Crippen LogP contribution in [0.4, 0.5) is 4.39 Å². The highest BCUT2D eigenvalue weighted by molar-refractivity contribution is 5.78. The number of hydrogen-bond acceptors (Lipinski definition) is 3. The first kappa shape index (κ1) is 14.5. The van der Waals surface area contributed by atoms with Crippen LogP contribution in [0.3, 0.4) is 0 Å². The molecule has 5 heteroatoms. The summed E-state index contributed by atoms with van der Waals surface area (Å²) in [5.74, 6) is -0.131. The van der Waals surface area contributed by atoms with Gasteiger partial charge in [-0.05, 0) is 30.5 Å². The van der Waals surface area contributed by atoms with Crippen LogP contribution in [0.2, 0.25) is 0 Å². The van der Waals surface area contributed by atoms with Crippen LogP contribution in [0.25, 0.3) is 0 Å². The van der Waals surface area contributed by atoms with Crippen molar-refractivity contribution < 1.29 is 13.9 Å². The van der Waals surface area contributed by atoms with E-state index in [-0.39, 0.29) is 23.9 Å². The summed E-state index contributed by atoms with van der Waals surface area (Å²) < 4.78 is 18.7. The number of rotatable bonds is 2. The lowest BCUT2D eigenvalue weighted by molar-refractivity contribution is -0.169. The first-order chi connectivity index (χ1) is 10.1. The van der Waals surface area contributed by atoms with Crippen LogP contribution in [0.1, 0.15) is 18.4 Å². The molecule has 2 saturated heterocycles. The highest BCUT2D eigenvalue weighted by atomic mass is 19.1. The van der Waals surface area contributed by atoms with Crippen LogP contribution in [-0.2, 0) is 16.1 Å². The fraction of sp³-hybridized carbons (Fsp3) is 0.562. The topological polar surface area (TPSA) is 32.8 Å². The number of amides is 1. The SMILES string of the molecule is CN1CC2(CCN(Cc3ccc(F)cc3)CC2)OCC1=O. The van der Waals surface area contributed by atoms with Crippen molar-refractivity contribution in [2.45, 2.75) is 25.0 Å². The molecular formula is C16H21FN2O2. The van der Waals surface area contributed by atoms with Gasteiger partial charge < -0.3 is 9.64 Å². The number of halogens is 1. The van der Waals surface area contributed by atoms with Crippen molar-refractivity contribution in [3.63, 3.8) is 0 Å². The third-order valence-corrected chi connectivity index (χ3v) is 4.54. The summed E-state index contributed by atoms with van der Waals surface area (Å²) in [6.45, 7) is 3.62. The Balaban J connectivity index is 1.55. The molecule has 21 heavy (non-hydrogen) atoms. The highest BCUT2D eigenvalue weighted by Crippen LogP contribution is 2.30. The Morgan fingerprint density at radius 1 is 1.24 bits per heavy atom. The molecule has 0 aliphatic carbocycles. The smallest absolute Gasteiger partial charge is 0.248 e. The minimum atomic E-state index is -0.195. The lowest BCUT2D eigenvalue weighted by atomic mass is 9.89. The van der Waals surface area contributed by atoms with E-state index in [4.69, 9.17) is 4.74 Å². The number of ether oxygens (including phenoxy) is 1. The Morgan fingerprint density at radius 2 is 1.90 bits per heavy atom. The minimum Gasteiger partial charge on any atom is -0.363 e. The van der Waals surface area contributed by atoms with Crippen LogP contribution >= 0.6 is 0 Å². The second-order valence-corrected chi connectivity index (χ2v) is 6.12. The molecule has 1 amide bonds. The van der Waals surface area contributed by atoms with Crippen molar-refractivity contribution in [3.8, 4) is 0 Å². The Kier molecular flexibility index (Phi) is 3.95. The molecule has 0 saturated carbocycles. The van der Waals surface area contributed by atoms with Gasteiger partial charge in [0.1, 0.15) is 12.4 Å². The number of nitrogens with zero attached hydrogens (tertiary/aromatic N) is 2. The molecular weight excluding hydrogens is 271 g/mol. The number of morpholine rings is 1. The number of hydrogen-bond donors (Lipinski definition) is 0. The van der Waals surface area contributed by atoms with Gasteiger partial charge in [-0.2, -0.15) is 0 Å². The van der Waals surface area contributed by atoms with Crippen molar-refractivity contribution in [1.29, 1.82) is 0 Å². The normalized spacial score (nSPS) is 22.8. The molecule has 0 atom stereocenters. The van der Waals surface area contributed by atoms with E-state index < -0.39 is 0 Å². The van der Waals surface area contributed by atoms with E-state index in [1.807, 2.05) is 19.2 Å². The first-order valence-corrected chi connectivity index (χ1v) is 7.41. The van der Waals surface area contributed by atoms with E-state index in [2.05, 4.69) is 4.90 Å². The van der Waals surface area contributed by atoms with Crippen LogP contribution in [0, 0.1) is 5.82 Å². The maximum absolute atomic E-state index is 12.9. The highest BCUT2D eigenvalue weighted by Gasteiger charge is 2.40. The van der Waals surface area contributed by atoms with Gasteiger partial charge in [0.25, 0.3) is 0 Å². The molecule has 0 aromatic heterocycles. The molecule has 0 N–H and O–H groups in total. The van der Waals surface area contributed by atoms with Crippen LogP contribution < -0.4 is 0 Å². The fourth-order valence-electron chi connectivity index (χ4n) is 3.16. The van der Waals surface area contributed by atoms with Crippen LogP contribution in [0.15, 0.2) is 24.3 Å². The fourth-order valence-corrected chi connectivity index (χ4v) is 3.16. The average molecular weight is 292 g/mol. The van der Waals surface area contributed by atoms with Gasteiger partial charge in [0.05, 0.1) is 5.60 Å². The van der Waals surface area contributed by atoms with Crippen LogP contribution in [0.5, 0.6) is 0 Å². The molecule has 2 fully saturated rings. The predicted octanol–water partition coefficient (Wildman–Crippen LogP) is 1.65.